The van der Waals surface area contributed by atoms with Crippen molar-refractivity contribution in [3.63, 3.8) is 0 Å². The second-order valence-corrected chi connectivity index (χ2v) is 5.28. The smallest absolute Gasteiger partial charge is 0.226 e. The molecule has 0 bridgehead atoms. The van der Waals surface area contributed by atoms with Crippen LogP contribution in [0.3, 0.4) is 0 Å². The van der Waals surface area contributed by atoms with Gasteiger partial charge in [0.2, 0.25) is 5.91 Å². The molecule has 0 spiro atoms. The molecule has 0 radical (unpaired) electrons. The van der Waals surface area contributed by atoms with Gasteiger partial charge in [-0.2, -0.15) is 0 Å². The van der Waals surface area contributed by atoms with Crippen molar-refractivity contribution < 1.29 is 4.79 Å². The molecule has 1 amide bonds. The van der Waals surface area contributed by atoms with Crippen LogP contribution < -0.4 is 0 Å². The van der Waals surface area contributed by atoms with Crippen molar-refractivity contribution in [2.24, 2.45) is 11.8 Å². The van der Waals surface area contributed by atoms with E-state index < -0.39 is 0 Å². The number of carbonyl (C=O) groups is 1. The van der Waals surface area contributed by atoms with E-state index in [9.17, 15) is 4.79 Å². The van der Waals surface area contributed by atoms with E-state index >= 15 is 0 Å². The van der Waals surface area contributed by atoms with Gasteiger partial charge >= 0.3 is 0 Å². The summed E-state index contributed by atoms with van der Waals surface area (Å²) in [5.41, 5.74) is 0. The van der Waals surface area contributed by atoms with Crippen molar-refractivity contribution in [3.05, 3.63) is 0 Å². The van der Waals surface area contributed by atoms with Gasteiger partial charge in [-0.25, -0.2) is 0 Å². The molecule has 0 aromatic carbocycles. The van der Waals surface area contributed by atoms with Crippen molar-refractivity contribution in [3.8, 4) is 0 Å². The lowest BCUT2D eigenvalue weighted by atomic mass is 10.2. The molecule has 2 nitrogen and oxygen atoms in total. The van der Waals surface area contributed by atoms with Crippen molar-refractivity contribution in [1.29, 1.82) is 0 Å². The van der Waals surface area contributed by atoms with Crippen LogP contribution in [-0.4, -0.2) is 28.7 Å². The largest absolute Gasteiger partial charge is 0.340 e. The maximum absolute atomic E-state index is 12.0. The first-order valence-electron chi connectivity index (χ1n) is 5.44. The summed E-state index contributed by atoms with van der Waals surface area (Å²) in [5.74, 6) is 1.31. The Morgan fingerprint density at radius 1 is 1.57 bits per heavy atom. The highest BCUT2D eigenvalue weighted by Crippen LogP contribution is 2.39. The van der Waals surface area contributed by atoms with Gasteiger partial charge in [-0.15, -0.1) is 0 Å². The van der Waals surface area contributed by atoms with Crippen molar-refractivity contribution in [2.45, 2.75) is 39.7 Å². The summed E-state index contributed by atoms with van der Waals surface area (Å²) in [5, 5.41) is 0.976. The molecule has 1 fully saturated rings. The van der Waals surface area contributed by atoms with Crippen molar-refractivity contribution in [1.82, 2.24) is 4.90 Å². The molecule has 2 unspecified atom stereocenters. The average Bonchev–Trinajstić information content (AvgIpc) is 2.82. The zero-order chi connectivity index (χ0) is 10.7. The number of rotatable bonds is 5. The lowest BCUT2D eigenvalue weighted by Crippen LogP contribution is -2.39. The highest BCUT2D eigenvalue weighted by Gasteiger charge is 2.41. The maximum Gasteiger partial charge on any atom is 0.226 e. The van der Waals surface area contributed by atoms with Gasteiger partial charge in [0.1, 0.15) is 0 Å². The van der Waals surface area contributed by atoms with Gasteiger partial charge in [0.15, 0.2) is 0 Å². The molecule has 0 heterocycles. The zero-order valence-corrected chi connectivity index (χ0v) is 10.9. The minimum Gasteiger partial charge on any atom is -0.340 e. The first-order valence-corrected chi connectivity index (χ1v) is 6.56. The fraction of sp³-hybridized carbons (Fsp3) is 0.909. The van der Waals surface area contributed by atoms with Crippen molar-refractivity contribution >= 4 is 21.8 Å². The number of hydrogen-bond acceptors (Lipinski definition) is 1. The minimum atomic E-state index is 0.327. The van der Waals surface area contributed by atoms with Crippen LogP contribution >= 0.6 is 15.9 Å². The third kappa shape index (κ3) is 2.97. The number of nitrogens with zero attached hydrogens (tertiary/aromatic N) is 1. The molecule has 1 aliphatic carbocycles. The van der Waals surface area contributed by atoms with E-state index in [2.05, 4.69) is 36.7 Å². The zero-order valence-electron chi connectivity index (χ0n) is 9.29. The van der Waals surface area contributed by atoms with Crippen molar-refractivity contribution in [2.75, 3.05) is 11.9 Å². The van der Waals surface area contributed by atoms with Crippen LogP contribution in [0.25, 0.3) is 0 Å². The van der Waals surface area contributed by atoms with E-state index in [1.165, 1.54) is 0 Å². The molecule has 0 saturated heterocycles. The average molecular weight is 262 g/mol. The molecule has 3 heteroatoms. The molecular formula is C11H20BrNO. The molecule has 0 N–H and O–H groups in total. The fourth-order valence-corrected chi connectivity index (χ4v) is 1.98. The molecule has 0 aliphatic heterocycles. The Labute approximate surface area is 95.2 Å². The Morgan fingerprint density at radius 2 is 2.14 bits per heavy atom. The first-order chi connectivity index (χ1) is 6.57. The van der Waals surface area contributed by atoms with E-state index in [1.54, 1.807) is 0 Å². The normalized spacial score (nSPS) is 25.2. The summed E-state index contributed by atoms with van der Waals surface area (Å²) < 4.78 is 0. The predicted octanol–water partition coefficient (Wildman–Crippen LogP) is 2.66. The van der Waals surface area contributed by atoms with Gasteiger partial charge in [0.05, 0.1) is 0 Å². The van der Waals surface area contributed by atoms with E-state index in [0.29, 0.717) is 23.8 Å². The van der Waals surface area contributed by atoms with E-state index in [-0.39, 0.29) is 0 Å². The van der Waals surface area contributed by atoms with E-state index in [0.717, 1.165) is 24.7 Å². The molecule has 1 rings (SSSR count). The number of hydrogen-bond donors (Lipinski definition) is 0. The van der Waals surface area contributed by atoms with Gasteiger partial charge in [-0.3, -0.25) is 4.79 Å². The maximum atomic E-state index is 12.0. The second-order valence-electron chi connectivity index (χ2n) is 4.49. The number of carbonyl (C=O) groups excluding carboxylic acids is 1. The molecule has 1 aliphatic rings. The van der Waals surface area contributed by atoms with Crippen LogP contribution in [0.2, 0.25) is 0 Å². The van der Waals surface area contributed by atoms with Gasteiger partial charge in [0, 0.05) is 23.8 Å². The Bertz CT molecular complexity index is 205. The number of amides is 1. The van der Waals surface area contributed by atoms with Gasteiger partial charge in [0.25, 0.3) is 0 Å². The van der Waals surface area contributed by atoms with Gasteiger partial charge in [-0.05, 0) is 32.6 Å². The summed E-state index contributed by atoms with van der Waals surface area (Å²) >= 11 is 3.40. The predicted molar refractivity (Wildman–Crippen MR) is 62.5 cm³/mol. The highest BCUT2D eigenvalue weighted by molar-refractivity contribution is 9.09. The van der Waals surface area contributed by atoms with Crippen LogP contribution in [0.15, 0.2) is 0 Å². The van der Waals surface area contributed by atoms with Crippen LogP contribution in [-0.2, 0) is 4.79 Å². The summed E-state index contributed by atoms with van der Waals surface area (Å²) in [7, 11) is 0. The first kappa shape index (κ1) is 12.0. The topological polar surface area (TPSA) is 20.3 Å². The lowest BCUT2D eigenvalue weighted by molar-refractivity contribution is -0.134. The molecule has 14 heavy (non-hydrogen) atoms. The third-order valence-corrected chi connectivity index (χ3v) is 3.43. The standard InChI is InChI=1S/C11H20BrNO/c1-8(2)13(6-4-5-12)11(14)10-7-9(10)3/h8-10H,4-7H2,1-3H3. The molecule has 0 aromatic rings. The molecule has 82 valence electrons. The minimum absolute atomic E-state index is 0.327. The summed E-state index contributed by atoms with van der Waals surface area (Å²) in [6.45, 7) is 7.24. The monoisotopic (exact) mass is 261 g/mol. The fourth-order valence-electron chi connectivity index (χ4n) is 1.73. The second kappa shape index (κ2) is 5.15. The Kier molecular flexibility index (Phi) is 4.42. The third-order valence-electron chi connectivity index (χ3n) is 2.87. The molecule has 1 saturated carbocycles. The highest BCUT2D eigenvalue weighted by atomic mass is 79.9. The quantitative estimate of drug-likeness (QED) is 0.697. The van der Waals surface area contributed by atoms with E-state index in [4.69, 9.17) is 0 Å². The van der Waals surface area contributed by atoms with Gasteiger partial charge < -0.3 is 4.90 Å². The number of alkyl halides is 1. The summed E-state index contributed by atoms with van der Waals surface area (Å²) in [6, 6.07) is 0.342. The summed E-state index contributed by atoms with van der Waals surface area (Å²) in [6.07, 6.45) is 2.14. The van der Waals surface area contributed by atoms with Crippen LogP contribution in [0.1, 0.15) is 33.6 Å². The van der Waals surface area contributed by atoms with Crippen LogP contribution in [0, 0.1) is 11.8 Å². The van der Waals surface area contributed by atoms with Gasteiger partial charge in [-0.1, -0.05) is 22.9 Å². The number of halogens is 1. The Balaban J connectivity index is 2.45. The van der Waals surface area contributed by atoms with Crippen LogP contribution in [0.5, 0.6) is 0 Å². The summed E-state index contributed by atoms with van der Waals surface area (Å²) in [4.78, 5) is 14.0. The Hall–Kier alpha value is -0.0500. The Morgan fingerprint density at radius 3 is 2.50 bits per heavy atom. The molecule has 0 aromatic heterocycles. The van der Waals surface area contributed by atoms with E-state index in [1.807, 2.05) is 4.90 Å². The SMILES string of the molecule is CC1CC1C(=O)N(CCCBr)C(C)C. The lowest BCUT2D eigenvalue weighted by Gasteiger charge is -2.26. The molecule has 2 atom stereocenters. The molecular weight excluding hydrogens is 242 g/mol. The van der Waals surface area contributed by atoms with Crippen LogP contribution in [0.4, 0.5) is 0 Å².